The van der Waals surface area contributed by atoms with Crippen LogP contribution in [0.15, 0.2) is 108 Å². The molecule has 252 valence electrons. The van der Waals surface area contributed by atoms with E-state index in [1.54, 1.807) is 54.6 Å². The summed E-state index contributed by atoms with van der Waals surface area (Å²) >= 11 is 6.36. The number of halogens is 1. The van der Waals surface area contributed by atoms with Gasteiger partial charge in [-0.15, -0.1) is 0 Å². The van der Waals surface area contributed by atoms with Gasteiger partial charge in [-0.2, -0.15) is 0 Å². The Hall–Kier alpha value is -4.34. The Balaban J connectivity index is 1.56. The molecule has 1 atom stereocenters. The van der Waals surface area contributed by atoms with E-state index >= 15 is 0 Å². The third-order valence-electron chi connectivity index (χ3n) is 8.71. The van der Waals surface area contributed by atoms with Gasteiger partial charge in [0.1, 0.15) is 18.3 Å². The molecule has 0 heterocycles. The van der Waals surface area contributed by atoms with Gasteiger partial charge >= 0.3 is 0 Å². The van der Waals surface area contributed by atoms with E-state index in [0.29, 0.717) is 16.5 Å². The Labute approximate surface area is 288 Å². The molecule has 0 radical (unpaired) electrons. The van der Waals surface area contributed by atoms with E-state index in [0.717, 1.165) is 53.1 Å². The number of aryl methyl sites for hydroxylation is 1. The molecule has 48 heavy (non-hydrogen) atoms. The van der Waals surface area contributed by atoms with E-state index in [2.05, 4.69) is 5.32 Å². The minimum atomic E-state index is -4.22. The van der Waals surface area contributed by atoms with Gasteiger partial charge in [-0.3, -0.25) is 13.9 Å². The molecule has 1 fully saturated rings. The minimum absolute atomic E-state index is 0.00828. The molecule has 1 saturated carbocycles. The van der Waals surface area contributed by atoms with Gasteiger partial charge in [-0.1, -0.05) is 91.0 Å². The first kappa shape index (κ1) is 35.0. The van der Waals surface area contributed by atoms with Crippen molar-refractivity contribution in [2.75, 3.05) is 18.0 Å². The molecule has 8 nitrogen and oxygen atoms in total. The zero-order valence-corrected chi connectivity index (χ0v) is 28.9. The number of anilines is 1. The minimum Gasteiger partial charge on any atom is -0.497 e. The predicted molar refractivity (Wildman–Crippen MR) is 190 cm³/mol. The molecule has 0 aromatic heterocycles. The molecule has 10 heteroatoms. The second-order valence-electron chi connectivity index (χ2n) is 12.2. The third-order valence-corrected chi connectivity index (χ3v) is 10.7. The first-order valence-electron chi connectivity index (χ1n) is 16.3. The molecule has 0 saturated heterocycles. The molecule has 0 aliphatic heterocycles. The van der Waals surface area contributed by atoms with E-state index in [-0.39, 0.29) is 29.8 Å². The topological polar surface area (TPSA) is 96.0 Å². The maximum Gasteiger partial charge on any atom is 0.264 e. The van der Waals surface area contributed by atoms with Gasteiger partial charge in [0.25, 0.3) is 10.0 Å². The fourth-order valence-electron chi connectivity index (χ4n) is 6.04. The fourth-order valence-corrected chi connectivity index (χ4v) is 7.67. The highest BCUT2D eigenvalue weighted by Gasteiger charge is 2.35. The van der Waals surface area contributed by atoms with Crippen LogP contribution >= 0.6 is 11.6 Å². The lowest BCUT2D eigenvalue weighted by Gasteiger charge is -2.35. The third kappa shape index (κ3) is 8.96. The summed E-state index contributed by atoms with van der Waals surface area (Å²) in [5.74, 6) is -0.277. The second-order valence-corrected chi connectivity index (χ2v) is 14.5. The quantitative estimate of drug-likeness (QED) is 0.164. The van der Waals surface area contributed by atoms with Gasteiger partial charge in [-0.25, -0.2) is 8.42 Å². The summed E-state index contributed by atoms with van der Waals surface area (Å²) in [6.07, 6.45) is 5.22. The summed E-state index contributed by atoms with van der Waals surface area (Å²) in [7, 11) is -2.71. The van der Waals surface area contributed by atoms with E-state index in [9.17, 15) is 18.0 Å². The summed E-state index contributed by atoms with van der Waals surface area (Å²) < 4.78 is 34.9. The van der Waals surface area contributed by atoms with Gasteiger partial charge in [0.05, 0.1) is 17.7 Å². The Morgan fingerprint density at radius 3 is 2.19 bits per heavy atom. The van der Waals surface area contributed by atoms with Crippen LogP contribution in [0.3, 0.4) is 0 Å². The Kier molecular flexibility index (Phi) is 11.8. The summed E-state index contributed by atoms with van der Waals surface area (Å²) in [5, 5.41) is 3.72. The maximum absolute atomic E-state index is 14.7. The number of ether oxygens (including phenoxy) is 1. The standard InChI is InChI=1S/C38H42ClN3O5S/c1-28-16-18-33(19-17-28)42(48(45,46)35-22-20-34(47-2)21-23-35)27-37(43)41(26-30-12-9-13-31(39)24-30)36(25-29-10-5-3-6-11-29)38(44)40-32-14-7-4-8-15-32/h3,5-6,9-13,16-24,32,36H,4,7-8,14-15,25-27H2,1-2H3,(H,40,44)/t36-/m0/s1. The van der Waals surface area contributed by atoms with Crippen molar-refractivity contribution in [2.45, 2.75) is 69.0 Å². The molecule has 0 unspecified atom stereocenters. The molecule has 1 N–H and O–H groups in total. The van der Waals surface area contributed by atoms with Crippen LogP contribution in [-0.4, -0.2) is 50.9 Å². The van der Waals surface area contributed by atoms with E-state index in [1.807, 2.05) is 43.3 Å². The Morgan fingerprint density at radius 2 is 1.54 bits per heavy atom. The lowest BCUT2D eigenvalue weighted by atomic mass is 9.94. The highest BCUT2D eigenvalue weighted by Crippen LogP contribution is 2.27. The number of methoxy groups -OCH3 is 1. The zero-order valence-electron chi connectivity index (χ0n) is 27.3. The Bertz CT molecular complexity index is 1780. The highest BCUT2D eigenvalue weighted by atomic mass is 35.5. The van der Waals surface area contributed by atoms with Gasteiger partial charge < -0.3 is 15.0 Å². The first-order chi connectivity index (χ1) is 23.1. The SMILES string of the molecule is COc1ccc(S(=O)(=O)N(CC(=O)N(Cc2cccc(Cl)c2)[C@@H](Cc2ccccc2)C(=O)NC2CCCCC2)c2ccc(C)cc2)cc1. The molecule has 4 aromatic rings. The van der Waals surface area contributed by atoms with Gasteiger partial charge in [-0.05, 0) is 79.4 Å². The number of nitrogens with zero attached hydrogens (tertiary/aromatic N) is 2. The molecule has 5 rings (SSSR count). The number of hydrogen-bond donors (Lipinski definition) is 1. The van der Waals surface area contributed by atoms with Crippen LogP contribution in [-0.2, 0) is 32.6 Å². The maximum atomic E-state index is 14.7. The van der Waals surface area contributed by atoms with Crippen molar-refractivity contribution < 1.29 is 22.7 Å². The average molecular weight is 688 g/mol. The van der Waals surface area contributed by atoms with Crippen LogP contribution in [0, 0.1) is 6.92 Å². The summed E-state index contributed by atoms with van der Waals surface area (Å²) in [5.41, 5.74) is 2.88. The summed E-state index contributed by atoms with van der Waals surface area (Å²) in [4.78, 5) is 30.4. The van der Waals surface area contributed by atoms with Crippen LogP contribution in [0.5, 0.6) is 5.75 Å². The van der Waals surface area contributed by atoms with Crippen molar-refractivity contribution >= 4 is 39.1 Å². The number of benzene rings is 4. The van der Waals surface area contributed by atoms with Crippen LogP contribution in [0.2, 0.25) is 5.02 Å². The molecular weight excluding hydrogens is 646 g/mol. The molecule has 2 amide bonds. The monoisotopic (exact) mass is 687 g/mol. The largest absolute Gasteiger partial charge is 0.497 e. The van der Waals surface area contributed by atoms with Gasteiger partial charge in [0.15, 0.2) is 0 Å². The number of sulfonamides is 1. The molecule has 0 spiro atoms. The average Bonchev–Trinajstić information content (AvgIpc) is 3.10. The van der Waals surface area contributed by atoms with Gasteiger partial charge in [0.2, 0.25) is 11.8 Å². The number of amides is 2. The highest BCUT2D eigenvalue weighted by molar-refractivity contribution is 7.92. The molecule has 4 aromatic carbocycles. The lowest BCUT2D eigenvalue weighted by Crippen LogP contribution is -2.55. The summed E-state index contributed by atoms with van der Waals surface area (Å²) in [6.45, 7) is 1.43. The fraction of sp³-hybridized carbons (Fsp3) is 0.316. The second kappa shape index (κ2) is 16.2. The van der Waals surface area contributed by atoms with Crippen LogP contribution in [0.25, 0.3) is 0 Å². The smallest absolute Gasteiger partial charge is 0.264 e. The van der Waals surface area contributed by atoms with Gasteiger partial charge in [0, 0.05) is 24.0 Å². The lowest BCUT2D eigenvalue weighted by molar-refractivity contribution is -0.140. The van der Waals surface area contributed by atoms with Crippen molar-refractivity contribution in [3.63, 3.8) is 0 Å². The van der Waals surface area contributed by atoms with Crippen LogP contribution < -0.4 is 14.4 Å². The Morgan fingerprint density at radius 1 is 0.875 bits per heavy atom. The van der Waals surface area contributed by atoms with Crippen LogP contribution in [0.4, 0.5) is 5.69 Å². The number of carbonyl (C=O) groups is 2. The van der Waals surface area contributed by atoms with Crippen molar-refractivity contribution in [3.8, 4) is 5.75 Å². The molecule has 0 bridgehead atoms. The predicted octanol–water partition coefficient (Wildman–Crippen LogP) is 6.94. The molecular formula is C38H42ClN3O5S. The molecule has 1 aliphatic rings. The number of rotatable bonds is 13. The van der Waals surface area contributed by atoms with E-state index < -0.39 is 28.5 Å². The summed E-state index contributed by atoms with van der Waals surface area (Å²) in [6, 6.07) is 28.8. The number of carbonyl (C=O) groups excluding carboxylic acids is 2. The number of hydrogen-bond acceptors (Lipinski definition) is 5. The van der Waals surface area contributed by atoms with Crippen molar-refractivity contribution in [2.24, 2.45) is 0 Å². The van der Waals surface area contributed by atoms with E-state index in [1.165, 1.54) is 24.1 Å². The normalized spacial score (nSPS) is 14.1. The van der Waals surface area contributed by atoms with Crippen molar-refractivity contribution in [1.29, 1.82) is 0 Å². The first-order valence-corrected chi connectivity index (χ1v) is 18.1. The zero-order chi connectivity index (χ0) is 34.1. The number of nitrogens with one attached hydrogen (secondary N) is 1. The van der Waals surface area contributed by atoms with Crippen molar-refractivity contribution in [3.05, 3.63) is 125 Å². The molecule has 1 aliphatic carbocycles. The van der Waals surface area contributed by atoms with Crippen molar-refractivity contribution in [1.82, 2.24) is 10.2 Å². The van der Waals surface area contributed by atoms with Crippen LogP contribution in [0.1, 0.15) is 48.8 Å². The van der Waals surface area contributed by atoms with E-state index in [4.69, 9.17) is 16.3 Å².